The number of benzene rings is 1. The van der Waals surface area contributed by atoms with E-state index >= 15 is 0 Å². The van der Waals surface area contributed by atoms with Crippen molar-refractivity contribution in [2.45, 2.75) is 39.5 Å². The van der Waals surface area contributed by atoms with Gasteiger partial charge in [0, 0.05) is 23.5 Å². The molecule has 1 unspecified atom stereocenters. The zero-order chi connectivity index (χ0) is 18.7. The number of carbonyl (C=O) groups excluding carboxylic acids is 1. The van der Waals surface area contributed by atoms with Crippen LogP contribution >= 0.6 is 0 Å². The van der Waals surface area contributed by atoms with Gasteiger partial charge in [-0.3, -0.25) is 4.79 Å². The molecule has 0 aliphatic heterocycles. The van der Waals surface area contributed by atoms with Crippen LogP contribution in [0.1, 0.15) is 41.8 Å². The molecule has 3 rings (SSSR count). The standard InChI is InChI=1S/C19H24N6O/c1-12(15-7-5-4-6-8-15)9-10-21-17(26)11-16-13(2)22-19-23-18(20)24-25(19)14(16)3/h4-8,12H,9-11H2,1-3H3,(H2,20,24)(H,21,26). The molecule has 3 aromatic rings. The Hall–Kier alpha value is -2.96. The van der Waals surface area contributed by atoms with Gasteiger partial charge in [0.2, 0.25) is 11.9 Å². The molecule has 1 atom stereocenters. The highest BCUT2D eigenvalue weighted by molar-refractivity contribution is 5.79. The molecule has 0 saturated heterocycles. The second kappa shape index (κ2) is 7.51. The van der Waals surface area contributed by atoms with E-state index in [1.54, 1.807) is 4.52 Å². The number of nitrogen functional groups attached to an aromatic ring is 1. The van der Waals surface area contributed by atoms with Crippen LogP contribution in [0.3, 0.4) is 0 Å². The first kappa shape index (κ1) is 17.8. The molecule has 0 spiro atoms. The smallest absolute Gasteiger partial charge is 0.254 e. The fraction of sp³-hybridized carbons (Fsp3) is 0.368. The minimum atomic E-state index is -0.0225. The Balaban J connectivity index is 1.61. The van der Waals surface area contributed by atoms with Crippen molar-refractivity contribution in [3.8, 4) is 0 Å². The molecule has 1 amide bonds. The van der Waals surface area contributed by atoms with E-state index in [1.165, 1.54) is 5.56 Å². The first-order valence-electron chi connectivity index (χ1n) is 8.75. The highest BCUT2D eigenvalue weighted by atomic mass is 16.1. The van der Waals surface area contributed by atoms with Crippen molar-refractivity contribution in [3.63, 3.8) is 0 Å². The predicted octanol–water partition coefficient (Wildman–Crippen LogP) is 2.18. The number of hydrogen-bond acceptors (Lipinski definition) is 5. The van der Waals surface area contributed by atoms with Crippen molar-refractivity contribution in [1.82, 2.24) is 24.9 Å². The van der Waals surface area contributed by atoms with Gasteiger partial charge in [0.1, 0.15) is 0 Å². The number of carbonyl (C=O) groups is 1. The Kier molecular flexibility index (Phi) is 5.16. The zero-order valence-corrected chi connectivity index (χ0v) is 15.4. The van der Waals surface area contributed by atoms with E-state index in [2.05, 4.69) is 39.4 Å². The van der Waals surface area contributed by atoms with Gasteiger partial charge in [0.25, 0.3) is 5.78 Å². The molecule has 2 heterocycles. The van der Waals surface area contributed by atoms with Gasteiger partial charge in [0.05, 0.1) is 6.42 Å². The van der Waals surface area contributed by atoms with Gasteiger partial charge in [-0.1, -0.05) is 37.3 Å². The summed E-state index contributed by atoms with van der Waals surface area (Å²) in [5.74, 6) is 1.01. The zero-order valence-electron chi connectivity index (χ0n) is 15.4. The number of nitrogens with one attached hydrogen (secondary N) is 1. The summed E-state index contributed by atoms with van der Waals surface area (Å²) in [7, 11) is 0. The van der Waals surface area contributed by atoms with Gasteiger partial charge in [-0.25, -0.2) is 4.98 Å². The number of hydrogen-bond donors (Lipinski definition) is 2. The molecule has 0 radical (unpaired) electrons. The molecule has 0 aliphatic rings. The monoisotopic (exact) mass is 352 g/mol. The number of anilines is 1. The van der Waals surface area contributed by atoms with Gasteiger partial charge in [0.15, 0.2) is 0 Å². The van der Waals surface area contributed by atoms with E-state index in [1.807, 2.05) is 32.0 Å². The van der Waals surface area contributed by atoms with Crippen LogP contribution in [0, 0.1) is 13.8 Å². The molecule has 0 saturated carbocycles. The topological polar surface area (TPSA) is 98.2 Å². The van der Waals surface area contributed by atoms with Gasteiger partial charge in [-0.05, 0) is 31.7 Å². The first-order chi connectivity index (χ1) is 12.5. The van der Waals surface area contributed by atoms with E-state index in [-0.39, 0.29) is 18.3 Å². The molecule has 3 N–H and O–H groups in total. The lowest BCUT2D eigenvalue weighted by Crippen LogP contribution is -2.28. The molecule has 0 fully saturated rings. The van der Waals surface area contributed by atoms with Crippen molar-refractivity contribution in [2.24, 2.45) is 0 Å². The summed E-state index contributed by atoms with van der Waals surface area (Å²) >= 11 is 0. The van der Waals surface area contributed by atoms with E-state index in [0.29, 0.717) is 18.2 Å². The summed E-state index contributed by atoms with van der Waals surface area (Å²) < 4.78 is 1.59. The normalized spacial score (nSPS) is 12.3. The van der Waals surface area contributed by atoms with Crippen molar-refractivity contribution in [3.05, 3.63) is 52.8 Å². The summed E-state index contributed by atoms with van der Waals surface area (Å²) in [6.45, 7) is 6.58. The molecule has 1 aromatic carbocycles. The van der Waals surface area contributed by atoms with Crippen LogP contribution in [0.4, 0.5) is 5.95 Å². The summed E-state index contributed by atoms with van der Waals surface area (Å²) in [6.07, 6.45) is 1.16. The summed E-state index contributed by atoms with van der Waals surface area (Å²) in [5.41, 5.74) is 9.39. The van der Waals surface area contributed by atoms with Gasteiger partial charge >= 0.3 is 0 Å². The number of aryl methyl sites for hydroxylation is 2. The number of rotatable bonds is 6. The first-order valence-corrected chi connectivity index (χ1v) is 8.75. The maximum atomic E-state index is 12.4. The van der Waals surface area contributed by atoms with Crippen LogP contribution in [0.5, 0.6) is 0 Å². The Morgan fingerprint density at radius 2 is 1.96 bits per heavy atom. The summed E-state index contributed by atoms with van der Waals surface area (Å²) in [6, 6.07) is 10.3. The van der Waals surface area contributed by atoms with Crippen molar-refractivity contribution >= 4 is 17.6 Å². The Morgan fingerprint density at radius 3 is 2.69 bits per heavy atom. The van der Waals surface area contributed by atoms with Crippen LogP contribution in [0.2, 0.25) is 0 Å². The average Bonchev–Trinajstić information content (AvgIpc) is 2.99. The fourth-order valence-electron chi connectivity index (χ4n) is 3.08. The third kappa shape index (κ3) is 3.82. The largest absolute Gasteiger partial charge is 0.366 e. The average molecular weight is 352 g/mol. The van der Waals surface area contributed by atoms with Crippen molar-refractivity contribution < 1.29 is 4.79 Å². The maximum absolute atomic E-state index is 12.4. The van der Waals surface area contributed by atoms with Crippen molar-refractivity contribution in [1.29, 1.82) is 0 Å². The number of nitrogens with two attached hydrogens (primary N) is 1. The molecule has 7 heteroatoms. The second-order valence-corrected chi connectivity index (χ2v) is 6.57. The number of aromatic nitrogens is 4. The number of amides is 1. The minimum Gasteiger partial charge on any atom is -0.366 e. The van der Waals surface area contributed by atoms with Crippen LogP contribution in [-0.2, 0) is 11.2 Å². The quantitative estimate of drug-likeness (QED) is 0.708. The van der Waals surface area contributed by atoms with Gasteiger partial charge < -0.3 is 11.1 Å². The van der Waals surface area contributed by atoms with Gasteiger partial charge in [-0.2, -0.15) is 9.50 Å². The predicted molar refractivity (Wildman–Crippen MR) is 101 cm³/mol. The third-order valence-electron chi connectivity index (χ3n) is 4.67. The Labute approximate surface area is 152 Å². The highest BCUT2D eigenvalue weighted by Gasteiger charge is 2.15. The molecular weight excluding hydrogens is 328 g/mol. The van der Waals surface area contributed by atoms with Crippen LogP contribution in [0.25, 0.3) is 5.78 Å². The second-order valence-electron chi connectivity index (χ2n) is 6.57. The Morgan fingerprint density at radius 1 is 1.23 bits per heavy atom. The summed E-state index contributed by atoms with van der Waals surface area (Å²) in [4.78, 5) is 20.8. The third-order valence-corrected chi connectivity index (χ3v) is 4.67. The van der Waals surface area contributed by atoms with Crippen LogP contribution in [0.15, 0.2) is 30.3 Å². The van der Waals surface area contributed by atoms with Gasteiger partial charge in [-0.15, -0.1) is 5.10 Å². The maximum Gasteiger partial charge on any atom is 0.254 e. The van der Waals surface area contributed by atoms with E-state index in [0.717, 1.165) is 23.4 Å². The molecule has 7 nitrogen and oxygen atoms in total. The number of fused-ring (bicyclic) bond motifs is 1. The van der Waals surface area contributed by atoms with Crippen molar-refractivity contribution in [2.75, 3.05) is 12.3 Å². The molecule has 26 heavy (non-hydrogen) atoms. The molecule has 136 valence electrons. The molecule has 0 bridgehead atoms. The molecule has 0 aliphatic carbocycles. The van der Waals surface area contributed by atoms with E-state index < -0.39 is 0 Å². The lowest BCUT2D eigenvalue weighted by Gasteiger charge is -2.13. The van der Waals surface area contributed by atoms with E-state index in [4.69, 9.17) is 5.73 Å². The SMILES string of the molecule is Cc1nc2nc(N)nn2c(C)c1CC(=O)NCCC(C)c1ccccc1. The summed E-state index contributed by atoms with van der Waals surface area (Å²) in [5, 5.41) is 7.13. The molecule has 2 aromatic heterocycles. The Bertz CT molecular complexity index is 919. The van der Waals surface area contributed by atoms with Crippen LogP contribution in [-0.4, -0.2) is 32.0 Å². The fourth-order valence-corrected chi connectivity index (χ4v) is 3.08. The van der Waals surface area contributed by atoms with Crippen LogP contribution < -0.4 is 11.1 Å². The number of nitrogens with zero attached hydrogens (tertiary/aromatic N) is 4. The molecular formula is C19H24N6O. The van der Waals surface area contributed by atoms with E-state index in [9.17, 15) is 4.79 Å². The minimum absolute atomic E-state index is 0.0225. The lowest BCUT2D eigenvalue weighted by atomic mass is 9.98. The highest BCUT2D eigenvalue weighted by Crippen LogP contribution is 2.18. The lowest BCUT2D eigenvalue weighted by molar-refractivity contribution is -0.120.